The van der Waals surface area contributed by atoms with Gasteiger partial charge >= 0.3 is 5.97 Å². The first-order valence-corrected chi connectivity index (χ1v) is 5.51. The van der Waals surface area contributed by atoms with E-state index in [1.54, 1.807) is 31.3 Å². The maximum atomic E-state index is 11.1. The van der Waals surface area contributed by atoms with E-state index in [1.165, 1.54) is 6.07 Å². The number of benzene rings is 1. The monoisotopic (exact) mass is 243 g/mol. The quantitative estimate of drug-likeness (QED) is 0.899. The Morgan fingerprint density at radius 2 is 2.06 bits per heavy atom. The summed E-state index contributed by atoms with van der Waals surface area (Å²) in [6.45, 7) is 3.72. The maximum absolute atomic E-state index is 11.1. The van der Waals surface area contributed by atoms with E-state index in [1.807, 2.05) is 13.0 Å². The topological polar surface area (TPSA) is 59.4 Å². The van der Waals surface area contributed by atoms with E-state index < -0.39 is 5.97 Å². The minimum atomic E-state index is -1.01. The van der Waals surface area contributed by atoms with Gasteiger partial charge < -0.3 is 9.84 Å². The van der Waals surface area contributed by atoms with Gasteiger partial charge in [0.05, 0.1) is 0 Å². The Kier molecular flexibility index (Phi) is 3.28. The Balaban J connectivity index is 2.42. The molecule has 0 aliphatic carbocycles. The molecule has 92 valence electrons. The molecule has 0 saturated heterocycles. The SMILES string of the molecule is Cc1ccnc(Oc2c(C)cccc2C(=O)O)c1. The highest BCUT2D eigenvalue weighted by Gasteiger charge is 2.14. The van der Waals surface area contributed by atoms with Crippen LogP contribution in [0.15, 0.2) is 36.5 Å². The van der Waals surface area contributed by atoms with E-state index in [-0.39, 0.29) is 5.56 Å². The lowest BCUT2D eigenvalue weighted by atomic mass is 10.1. The van der Waals surface area contributed by atoms with Crippen LogP contribution in [0.25, 0.3) is 0 Å². The number of carboxylic acid groups (broad SMARTS) is 1. The molecule has 1 aromatic heterocycles. The molecule has 4 nitrogen and oxygen atoms in total. The van der Waals surface area contributed by atoms with Crippen molar-refractivity contribution in [1.29, 1.82) is 0 Å². The zero-order valence-electron chi connectivity index (χ0n) is 10.2. The molecule has 0 fully saturated rings. The number of aryl methyl sites for hydroxylation is 2. The van der Waals surface area contributed by atoms with Gasteiger partial charge in [0.2, 0.25) is 5.88 Å². The fourth-order valence-electron chi connectivity index (χ4n) is 1.63. The summed E-state index contributed by atoms with van der Waals surface area (Å²) in [6.07, 6.45) is 1.63. The van der Waals surface area contributed by atoms with Gasteiger partial charge in [-0.3, -0.25) is 0 Å². The Morgan fingerprint density at radius 3 is 2.72 bits per heavy atom. The van der Waals surface area contributed by atoms with Crippen LogP contribution in [0, 0.1) is 13.8 Å². The molecule has 1 heterocycles. The van der Waals surface area contributed by atoms with E-state index in [4.69, 9.17) is 9.84 Å². The average molecular weight is 243 g/mol. The van der Waals surface area contributed by atoms with Gasteiger partial charge in [-0.2, -0.15) is 0 Å². The van der Waals surface area contributed by atoms with E-state index in [0.717, 1.165) is 11.1 Å². The van der Waals surface area contributed by atoms with Gasteiger partial charge in [0.15, 0.2) is 0 Å². The predicted octanol–water partition coefficient (Wildman–Crippen LogP) is 3.19. The summed E-state index contributed by atoms with van der Waals surface area (Å²) in [7, 11) is 0. The van der Waals surface area contributed by atoms with Gasteiger partial charge in [0.25, 0.3) is 0 Å². The number of carboxylic acids is 1. The second kappa shape index (κ2) is 4.87. The van der Waals surface area contributed by atoms with Crippen LogP contribution in [-0.2, 0) is 0 Å². The Hall–Kier alpha value is -2.36. The Morgan fingerprint density at radius 1 is 1.28 bits per heavy atom. The first kappa shape index (κ1) is 12.1. The van der Waals surface area contributed by atoms with Crippen molar-refractivity contribution in [3.63, 3.8) is 0 Å². The van der Waals surface area contributed by atoms with Gasteiger partial charge in [-0.05, 0) is 37.1 Å². The zero-order valence-corrected chi connectivity index (χ0v) is 10.2. The van der Waals surface area contributed by atoms with E-state index in [0.29, 0.717) is 11.6 Å². The van der Waals surface area contributed by atoms with E-state index in [9.17, 15) is 4.79 Å². The predicted molar refractivity (Wildman–Crippen MR) is 67.2 cm³/mol. The summed E-state index contributed by atoms with van der Waals surface area (Å²) < 4.78 is 5.59. The molecule has 2 rings (SSSR count). The summed E-state index contributed by atoms with van der Waals surface area (Å²) >= 11 is 0. The molecule has 0 atom stereocenters. The van der Waals surface area contributed by atoms with Gasteiger partial charge in [-0.25, -0.2) is 9.78 Å². The normalized spacial score (nSPS) is 10.1. The number of pyridine rings is 1. The summed E-state index contributed by atoms with van der Waals surface area (Å²) in [6, 6.07) is 8.62. The number of ether oxygens (including phenoxy) is 1. The summed E-state index contributed by atoms with van der Waals surface area (Å²) in [5, 5.41) is 9.12. The van der Waals surface area contributed by atoms with Gasteiger partial charge in [-0.15, -0.1) is 0 Å². The van der Waals surface area contributed by atoms with E-state index >= 15 is 0 Å². The number of aromatic carboxylic acids is 1. The fourth-order valence-corrected chi connectivity index (χ4v) is 1.63. The molecule has 18 heavy (non-hydrogen) atoms. The highest BCUT2D eigenvalue weighted by atomic mass is 16.5. The van der Waals surface area contributed by atoms with E-state index in [2.05, 4.69) is 4.98 Å². The lowest BCUT2D eigenvalue weighted by Crippen LogP contribution is -2.02. The molecule has 0 spiro atoms. The number of aromatic nitrogens is 1. The molecule has 0 bridgehead atoms. The zero-order chi connectivity index (χ0) is 13.1. The number of nitrogens with zero attached hydrogens (tertiary/aromatic N) is 1. The molecule has 2 aromatic rings. The molecule has 1 aromatic carbocycles. The minimum absolute atomic E-state index is 0.137. The van der Waals surface area contributed by atoms with Crippen molar-refractivity contribution in [2.75, 3.05) is 0 Å². The molecular weight excluding hydrogens is 230 g/mol. The molecule has 0 aliphatic rings. The number of hydrogen-bond acceptors (Lipinski definition) is 3. The van der Waals surface area contributed by atoms with Crippen molar-refractivity contribution in [3.8, 4) is 11.6 Å². The van der Waals surface area contributed by atoms with Crippen LogP contribution < -0.4 is 4.74 Å². The second-order valence-electron chi connectivity index (χ2n) is 4.03. The highest BCUT2D eigenvalue weighted by molar-refractivity contribution is 5.91. The Bertz CT molecular complexity index is 593. The molecule has 1 N–H and O–H groups in total. The van der Waals surface area contributed by atoms with Crippen molar-refractivity contribution in [2.24, 2.45) is 0 Å². The van der Waals surface area contributed by atoms with Crippen molar-refractivity contribution in [3.05, 3.63) is 53.2 Å². The summed E-state index contributed by atoms with van der Waals surface area (Å²) in [4.78, 5) is 15.2. The van der Waals surface area contributed by atoms with Crippen molar-refractivity contribution in [1.82, 2.24) is 4.98 Å². The third-order valence-corrected chi connectivity index (χ3v) is 2.54. The number of rotatable bonds is 3. The largest absolute Gasteiger partial charge is 0.478 e. The molecule has 0 saturated carbocycles. The lowest BCUT2D eigenvalue weighted by Gasteiger charge is -2.10. The minimum Gasteiger partial charge on any atom is -0.478 e. The molecular formula is C14H13NO3. The van der Waals surface area contributed by atoms with Crippen LogP contribution in [0.4, 0.5) is 0 Å². The van der Waals surface area contributed by atoms with Crippen LogP contribution in [0.1, 0.15) is 21.5 Å². The number of para-hydroxylation sites is 1. The standard InChI is InChI=1S/C14H13NO3/c1-9-6-7-15-12(8-9)18-13-10(2)4-3-5-11(13)14(16)17/h3-8H,1-2H3,(H,16,17). The third kappa shape index (κ3) is 2.48. The molecule has 0 amide bonds. The van der Waals surface area contributed by atoms with Crippen LogP contribution in [0.3, 0.4) is 0 Å². The first-order valence-electron chi connectivity index (χ1n) is 5.51. The van der Waals surface area contributed by atoms with Crippen molar-refractivity contribution < 1.29 is 14.6 Å². The average Bonchev–Trinajstić information content (AvgIpc) is 2.31. The summed E-state index contributed by atoms with van der Waals surface area (Å²) in [5.74, 6) is -0.281. The molecule has 0 aliphatic heterocycles. The van der Waals surface area contributed by atoms with Crippen LogP contribution in [-0.4, -0.2) is 16.1 Å². The molecule has 4 heteroatoms. The van der Waals surface area contributed by atoms with Gasteiger partial charge in [0.1, 0.15) is 11.3 Å². The highest BCUT2D eigenvalue weighted by Crippen LogP contribution is 2.28. The second-order valence-corrected chi connectivity index (χ2v) is 4.03. The maximum Gasteiger partial charge on any atom is 0.339 e. The fraction of sp³-hybridized carbons (Fsp3) is 0.143. The third-order valence-electron chi connectivity index (χ3n) is 2.54. The van der Waals surface area contributed by atoms with Crippen LogP contribution in [0.5, 0.6) is 11.6 Å². The molecule has 0 unspecified atom stereocenters. The Labute approximate surface area is 105 Å². The van der Waals surface area contributed by atoms with Gasteiger partial charge in [-0.1, -0.05) is 12.1 Å². The first-order chi connectivity index (χ1) is 8.58. The lowest BCUT2D eigenvalue weighted by molar-refractivity contribution is 0.0694. The number of hydrogen-bond donors (Lipinski definition) is 1. The van der Waals surface area contributed by atoms with Crippen LogP contribution >= 0.6 is 0 Å². The molecule has 0 radical (unpaired) electrons. The number of carbonyl (C=O) groups is 1. The van der Waals surface area contributed by atoms with Crippen molar-refractivity contribution in [2.45, 2.75) is 13.8 Å². The smallest absolute Gasteiger partial charge is 0.339 e. The van der Waals surface area contributed by atoms with Crippen LogP contribution in [0.2, 0.25) is 0 Å². The summed E-state index contributed by atoms with van der Waals surface area (Å²) in [5.41, 5.74) is 1.90. The van der Waals surface area contributed by atoms with Gasteiger partial charge in [0, 0.05) is 12.3 Å². The van der Waals surface area contributed by atoms with Crippen molar-refractivity contribution >= 4 is 5.97 Å².